The molecule has 214 valence electrons. The van der Waals surface area contributed by atoms with Crippen LogP contribution in [0, 0.1) is 20.8 Å². The maximum atomic E-state index is 14.2. The molecule has 0 aliphatic rings. The van der Waals surface area contributed by atoms with Crippen LogP contribution in [0.2, 0.25) is 0 Å². The van der Waals surface area contributed by atoms with E-state index in [-0.39, 0.29) is 18.9 Å². The van der Waals surface area contributed by atoms with E-state index < -0.39 is 34.1 Å². The molecule has 8 heteroatoms. The molecule has 0 unspecified atom stereocenters. The summed E-state index contributed by atoms with van der Waals surface area (Å²) < 4.78 is 27.2. The lowest BCUT2D eigenvalue weighted by atomic mass is 10.00. The summed E-state index contributed by atoms with van der Waals surface area (Å²) >= 11 is 0. The van der Waals surface area contributed by atoms with E-state index in [9.17, 15) is 18.0 Å². The molecule has 0 aromatic heterocycles. The Labute approximate surface area is 239 Å². The summed E-state index contributed by atoms with van der Waals surface area (Å²) in [4.78, 5) is 29.6. The van der Waals surface area contributed by atoms with Crippen LogP contribution in [-0.4, -0.2) is 49.5 Å². The quantitative estimate of drug-likeness (QED) is 0.379. The van der Waals surface area contributed by atoms with Gasteiger partial charge < -0.3 is 10.2 Å². The van der Waals surface area contributed by atoms with Gasteiger partial charge in [-0.25, -0.2) is 8.42 Å². The van der Waals surface area contributed by atoms with E-state index in [0.717, 1.165) is 38.4 Å². The topological polar surface area (TPSA) is 86.8 Å². The van der Waals surface area contributed by atoms with E-state index in [0.29, 0.717) is 5.69 Å². The molecule has 1 N–H and O–H groups in total. The first-order chi connectivity index (χ1) is 18.7. The zero-order chi connectivity index (χ0) is 29.7. The second-order valence-corrected chi connectivity index (χ2v) is 13.4. The Bertz CT molecular complexity index is 1450. The van der Waals surface area contributed by atoms with Crippen LogP contribution in [0.15, 0.2) is 72.8 Å². The van der Waals surface area contributed by atoms with Crippen LogP contribution < -0.4 is 9.62 Å². The first-order valence-corrected chi connectivity index (χ1v) is 15.3. The third-order valence-electron chi connectivity index (χ3n) is 6.68. The Hall–Kier alpha value is -3.65. The van der Waals surface area contributed by atoms with Gasteiger partial charge in [0, 0.05) is 18.5 Å². The van der Waals surface area contributed by atoms with Gasteiger partial charge in [0.15, 0.2) is 0 Å². The molecule has 0 radical (unpaired) electrons. The molecule has 0 fully saturated rings. The smallest absolute Gasteiger partial charge is 0.244 e. The Morgan fingerprint density at radius 2 is 1.50 bits per heavy atom. The van der Waals surface area contributed by atoms with E-state index in [1.54, 1.807) is 6.07 Å². The summed E-state index contributed by atoms with van der Waals surface area (Å²) in [6.45, 7) is 11.1. The van der Waals surface area contributed by atoms with Crippen molar-refractivity contribution in [3.05, 3.63) is 101 Å². The maximum Gasteiger partial charge on any atom is 0.244 e. The summed E-state index contributed by atoms with van der Waals surface area (Å²) in [5.41, 5.74) is 4.30. The number of benzene rings is 3. The van der Waals surface area contributed by atoms with Crippen LogP contribution in [0.1, 0.15) is 48.6 Å². The van der Waals surface area contributed by atoms with E-state index in [2.05, 4.69) is 5.32 Å². The van der Waals surface area contributed by atoms with Gasteiger partial charge in [0.1, 0.15) is 12.6 Å². The number of hydrogen-bond acceptors (Lipinski definition) is 4. The number of amides is 2. The first kappa shape index (κ1) is 30.9. The molecule has 2 amide bonds. The van der Waals surface area contributed by atoms with Crippen molar-refractivity contribution in [2.24, 2.45) is 0 Å². The van der Waals surface area contributed by atoms with E-state index in [4.69, 9.17) is 0 Å². The first-order valence-electron chi connectivity index (χ1n) is 13.4. The molecular weight excluding hydrogens is 522 g/mol. The summed E-state index contributed by atoms with van der Waals surface area (Å²) in [7, 11) is -3.82. The summed E-state index contributed by atoms with van der Waals surface area (Å²) in [5, 5.41) is 3.04. The SMILES string of the molecule is Cc1ccc(C)c(N(CC(=O)N(Cc2ccccc2C)[C@@H](Cc2ccccc2)C(=O)NC(C)(C)C)S(C)(=O)=O)c1. The molecule has 0 saturated carbocycles. The highest BCUT2D eigenvalue weighted by Crippen LogP contribution is 2.25. The highest BCUT2D eigenvalue weighted by atomic mass is 32.2. The minimum absolute atomic E-state index is 0.158. The molecule has 40 heavy (non-hydrogen) atoms. The van der Waals surface area contributed by atoms with Crippen LogP contribution in [0.4, 0.5) is 5.69 Å². The second-order valence-electron chi connectivity index (χ2n) is 11.5. The standard InChI is InChI=1S/C32H41N3O4S/c1-23-17-18-25(3)28(19-23)35(40(7,38)39)22-30(36)34(21-27-16-12-11-13-24(27)2)29(31(37)33-32(4,5)6)20-26-14-9-8-10-15-26/h8-19,29H,20-22H2,1-7H3,(H,33,37)/t29-/m0/s1. The van der Waals surface area contributed by atoms with Crippen LogP contribution in [0.5, 0.6) is 0 Å². The Kier molecular flexibility index (Phi) is 9.79. The molecular formula is C32H41N3O4S. The highest BCUT2D eigenvalue weighted by Gasteiger charge is 2.34. The number of carbonyl (C=O) groups is 2. The van der Waals surface area contributed by atoms with E-state index in [1.807, 2.05) is 108 Å². The monoisotopic (exact) mass is 563 g/mol. The van der Waals surface area contributed by atoms with Crippen molar-refractivity contribution >= 4 is 27.5 Å². The fourth-order valence-corrected chi connectivity index (χ4v) is 5.46. The zero-order valence-electron chi connectivity index (χ0n) is 24.6. The Morgan fingerprint density at radius 1 is 0.875 bits per heavy atom. The molecule has 1 atom stereocenters. The van der Waals surface area contributed by atoms with Gasteiger partial charge in [-0.1, -0.05) is 66.7 Å². The molecule has 0 heterocycles. The number of nitrogens with one attached hydrogen (secondary N) is 1. The molecule has 3 rings (SSSR count). The summed E-state index contributed by atoms with van der Waals surface area (Å²) in [5.74, 6) is -0.754. The molecule has 3 aromatic rings. The number of sulfonamides is 1. The van der Waals surface area contributed by atoms with Gasteiger partial charge in [-0.2, -0.15) is 0 Å². The maximum absolute atomic E-state index is 14.2. The molecule has 0 aliphatic carbocycles. The van der Waals surface area contributed by atoms with Gasteiger partial charge in [-0.05, 0) is 75.4 Å². The molecule has 0 saturated heterocycles. The van der Waals surface area contributed by atoms with Crippen molar-refractivity contribution in [2.75, 3.05) is 17.1 Å². The van der Waals surface area contributed by atoms with Gasteiger partial charge in [0.2, 0.25) is 21.8 Å². The van der Waals surface area contributed by atoms with Crippen molar-refractivity contribution in [3.63, 3.8) is 0 Å². The lowest BCUT2D eigenvalue weighted by Crippen LogP contribution is -2.56. The fourth-order valence-electron chi connectivity index (χ4n) is 4.56. The molecule has 3 aromatic carbocycles. The van der Waals surface area contributed by atoms with Gasteiger partial charge in [-0.15, -0.1) is 0 Å². The minimum Gasteiger partial charge on any atom is -0.350 e. The molecule has 0 aliphatic heterocycles. The van der Waals surface area contributed by atoms with E-state index >= 15 is 0 Å². The summed E-state index contributed by atoms with van der Waals surface area (Å²) in [6.07, 6.45) is 1.38. The Morgan fingerprint density at radius 3 is 2.10 bits per heavy atom. The van der Waals surface area contributed by atoms with E-state index in [1.165, 1.54) is 4.90 Å². The number of nitrogens with zero attached hydrogens (tertiary/aromatic N) is 2. The molecule has 0 bridgehead atoms. The van der Waals surface area contributed by atoms with Crippen LogP contribution in [0.3, 0.4) is 0 Å². The lowest BCUT2D eigenvalue weighted by Gasteiger charge is -2.35. The van der Waals surface area contributed by atoms with Crippen molar-refractivity contribution in [1.82, 2.24) is 10.2 Å². The number of anilines is 1. The molecule has 0 spiro atoms. The third-order valence-corrected chi connectivity index (χ3v) is 7.81. The number of hydrogen-bond donors (Lipinski definition) is 1. The van der Waals surface area contributed by atoms with Crippen molar-refractivity contribution < 1.29 is 18.0 Å². The number of rotatable bonds is 10. The predicted molar refractivity (Wildman–Crippen MR) is 162 cm³/mol. The zero-order valence-corrected chi connectivity index (χ0v) is 25.4. The Balaban J connectivity index is 2.11. The normalized spacial score (nSPS) is 12.5. The predicted octanol–water partition coefficient (Wildman–Crippen LogP) is 4.93. The van der Waals surface area contributed by atoms with Crippen LogP contribution >= 0.6 is 0 Å². The second kappa shape index (κ2) is 12.7. The fraction of sp³-hybridized carbons (Fsp3) is 0.375. The van der Waals surface area contributed by atoms with Gasteiger partial charge in [-0.3, -0.25) is 13.9 Å². The van der Waals surface area contributed by atoms with Crippen LogP contribution in [0.25, 0.3) is 0 Å². The van der Waals surface area contributed by atoms with Crippen LogP contribution in [-0.2, 0) is 32.6 Å². The number of aryl methyl sites for hydroxylation is 3. The minimum atomic E-state index is -3.82. The van der Waals surface area contributed by atoms with Gasteiger partial charge in [0.25, 0.3) is 0 Å². The van der Waals surface area contributed by atoms with Crippen molar-refractivity contribution in [2.45, 2.75) is 66.1 Å². The van der Waals surface area contributed by atoms with Gasteiger partial charge >= 0.3 is 0 Å². The van der Waals surface area contributed by atoms with Crippen molar-refractivity contribution in [1.29, 1.82) is 0 Å². The summed E-state index contributed by atoms with van der Waals surface area (Å²) in [6, 6.07) is 21.9. The van der Waals surface area contributed by atoms with Crippen molar-refractivity contribution in [3.8, 4) is 0 Å². The molecule has 7 nitrogen and oxygen atoms in total. The largest absolute Gasteiger partial charge is 0.350 e. The lowest BCUT2D eigenvalue weighted by molar-refractivity contribution is -0.140. The van der Waals surface area contributed by atoms with Gasteiger partial charge in [0.05, 0.1) is 11.9 Å². The number of carbonyl (C=O) groups excluding carboxylic acids is 2. The third kappa shape index (κ3) is 8.42. The average molecular weight is 564 g/mol. The average Bonchev–Trinajstić information content (AvgIpc) is 2.86. The highest BCUT2D eigenvalue weighted by molar-refractivity contribution is 7.92.